The molecule has 5 nitrogen and oxygen atoms in total. The number of ether oxygens (including phenoxy) is 1. The highest BCUT2D eigenvalue weighted by Gasteiger charge is 2.42. The van der Waals surface area contributed by atoms with E-state index >= 15 is 0 Å². The molecular weight excluding hydrogens is 264 g/mol. The normalized spacial score (nSPS) is 21.2. The predicted molar refractivity (Wildman–Crippen MR) is 83.9 cm³/mol. The van der Waals surface area contributed by atoms with E-state index in [0.29, 0.717) is 11.2 Å². The summed E-state index contributed by atoms with van der Waals surface area (Å²) in [5.74, 6) is 1.70. The Bertz CT molecular complexity index is 509. The second-order valence-corrected chi connectivity index (χ2v) is 7.95. The molecule has 0 bridgehead atoms. The lowest BCUT2D eigenvalue weighted by Crippen LogP contribution is -2.39. The summed E-state index contributed by atoms with van der Waals surface area (Å²) < 4.78 is 5.87. The number of nitrogens with two attached hydrogens (primary N) is 1. The first-order valence-corrected chi connectivity index (χ1v) is 7.66. The SMILES string of the molecule is COC1(c2nc(N)nc(C(C)(C)C)n2)CCC(C)(C)CC1. The molecule has 2 N–H and O–H groups in total. The minimum atomic E-state index is -0.424. The van der Waals surface area contributed by atoms with Gasteiger partial charge in [0.1, 0.15) is 11.4 Å². The van der Waals surface area contributed by atoms with Crippen molar-refractivity contribution in [3.8, 4) is 0 Å². The number of nitrogens with zero attached hydrogens (tertiary/aromatic N) is 3. The van der Waals surface area contributed by atoms with Crippen LogP contribution in [0.2, 0.25) is 0 Å². The summed E-state index contributed by atoms with van der Waals surface area (Å²) in [6.45, 7) is 10.8. The third-order valence-corrected chi connectivity index (χ3v) is 4.53. The summed E-state index contributed by atoms with van der Waals surface area (Å²) in [6, 6.07) is 0. The van der Waals surface area contributed by atoms with Crippen LogP contribution in [0.5, 0.6) is 0 Å². The minimum absolute atomic E-state index is 0.158. The van der Waals surface area contributed by atoms with Crippen molar-refractivity contribution in [1.82, 2.24) is 15.0 Å². The maximum atomic E-state index is 5.91. The molecule has 0 amide bonds. The third kappa shape index (κ3) is 3.34. The quantitative estimate of drug-likeness (QED) is 0.906. The van der Waals surface area contributed by atoms with Gasteiger partial charge in [0.15, 0.2) is 5.82 Å². The highest BCUT2D eigenvalue weighted by molar-refractivity contribution is 5.22. The van der Waals surface area contributed by atoms with E-state index in [4.69, 9.17) is 15.5 Å². The average Bonchev–Trinajstić information content (AvgIpc) is 2.38. The van der Waals surface area contributed by atoms with Crippen molar-refractivity contribution in [2.24, 2.45) is 5.41 Å². The van der Waals surface area contributed by atoms with Crippen molar-refractivity contribution in [2.75, 3.05) is 12.8 Å². The van der Waals surface area contributed by atoms with E-state index < -0.39 is 5.60 Å². The average molecular weight is 292 g/mol. The minimum Gasteiger partial charge on any atom is -0.370 e. The van der Waals surface area contributed by atoms with Crippen LogP contribution in [0.3, 0.4) is 0 Å². The zero-order valence-electron chi connectivity index (χ0n) is 14.2. The number of aromatic nitrogens is 3. The molecule has 0 radical (unpaired) electrons. The van der Waals surface area contributed by atoms with Gasteiger partial charge in [-0.3, -0.25) is 0 Å². The second-order valence-electron chi connectivity index (χ2n) is 7.95. The van der Waals surface area contributed by atoms with E-state index in [1.165, 1.54) is 0 Å². The molecule has 1 aromatic heterocycles. The van der Waals surface area contributed by atoms with Crippen molar-refractivity contribution in [3.05, 3.63) is 11.6 Å². The van der Waals surface area contributed by atoms with Gasteiger partial charge in [-0.2, -0.15) is 9.97 Å². The van der Waals surface area contributed by atoms with Gasteiger partial charge in [-0.15, -0.1) is 0 Å². The fourth-order valence-corrected chi connectivity index (χ4v) is 2.78. The molecule has 1 heterocycles. The van der Waals surface area contributed by atoms with Crippen LogP contribution < -0.4 is 5.73 Å². The van der Waals surface area contributed by atoms with Gasteiger partial charge in [0, 0.05) is 12.5 Å². The molecule has 0 aliphatic heterocycles. The highest BCUT2D eigenvalue weighted by Crippen LogP contribution is 2.46. The van der Waals surface area contributed by atoms with Crippen LogP contribution in [0.25, 0.3) is 0 Å². The Morgan fingerprint density at radius 3 is 2.05 bits per heavy atom. The summed E-state index contributed by atoms with van der Waals surface area (Å²) in [7, 11) is 1.75. The smallest absolute Gasteiger partial charge is 0.223 e. The van der Waals surface area contributed by atoms with Gasteiger partial charge in [0.25, 0.3) is 0 Å². The van der Waals surface area contributed by atoms with Crippen molar-refractivity contribution in [3.63, 3.8) is 0 Å². The first-order chi connectivity index (χ1) is 9.58. The van der Waals surface area contributed by atoms with E-state index in [0.717, 1.165) is 31.5 Å². The number of hydrogen-bond acceptors (Lipinski definition) is 5. The van der Waals surface area contributed by atoms with Gasteiger partial charge in [0.05, 0.1) is 0 Å². The van der Waals surface area contributed by atoms with Gasteiger partial charge in [0.2, 0.25) is 5.95 Å². The van der Waals surface area contributed by atoms with Crippen LogP contribution in [0.1, 0.15) is 72.0 Å². The van der Waals surface area contributed by atoms with Crippen molar-refractivity contribution < 1.29 is 4.74 Å². The first-order valence-electron chi connectivity index (χ1n) is 7.66. The second kappa shape index (κ2) is 5.20. The van der Waals surface area contributed by atoms with Gasteiger partial charge < -0.3 is 10.5 Å². The first kappa shape index (κ1) is 16.1. The molecule has 21 heavy (non-hydrogen) atoms. The molecule has 2 rings (SSSR count). The largest absolute Gasteiger partial charge is 0.370 e. The molecule has 1 fully saturated rings. The van der Waals surface area contributed by atoms with Crippen molar-refractivity contribution in [2.45, 2.75) is 71.3 Å². The van der Waals surface area contributed by atoms with Crippen LogP contribution in [-0.4, -0.2) is 22.1 Å². The summed E-state index contributed by atoms with van der Waals surface area (Å²) in [5.41, 5.74) is 5.68. The molecule has 1 saturated carbocycles. The number of hydrogen-bond donors (Lipinski definition) is 1. The molecule has 0 spiro atoms. The van der Waals surface area contributed by atoms with Crippen molar-refractivity contribution in [1.29, 1.82) is 0 Å². The maximum absolute atomic E-state index is 5.91. The number of nitrogen functional groups attached to an aromatic ring is 1. The van der Waals surface area contributed by atoms with E-state index in [-0.39, 0.29) is 11.4 Å². The van der Waals surface area contributed by atoms with Crippen molar-refractivity contribution >= 4 is 5.95 Å². The molecule has 0 saturated heterocycles. The highest BCUT2D eigenvalue weighted by atomic mass is 16.5. The summed E-state index contributed by atoms with van der Waals surface area (Å²) in [4.78, 5) is 13.4. The molecule has 1 aliphatic rings. The van der Waals surface area contributed by atoms with Gasteiger partial charge in [-0.25, -0.2) is 4.98 Å². The van der Waals surface area contributed by atoms with E-state index in [2.05, 4.69) is 44.6 Å². The predicted octanol–water partition coefficient (Wildman–Crippen LogP) is 3.19. The van der Waals surface area contributed by atoms with Gasteiger partial charge in [-0.05, 0) is 31.1 Å². The zero-order valence-corrected chi connectivity index (χ0v) is 14.2. The summed E-state index contributed by atoms with van der Waals surface area (Å²) in [6.07, 6.45) is 4.03. The van der Waals surface area contributed by atoms with Crippen LogP contribution in [-0.2, 0) is 15.8 Å². The van der Waals surface area contributed by atoms with E-state index in [1.807, 2.05) is 0 Å². The number of methoxy groups -OCH3 is 1. The lowest BCUT2D eigenvalue weighted by atomic mass is 9.70. The standard InChI is InChI=1S/C16H28N4O/c1-14(2,3)11-18-12(20-13(17)19-11)16(21-6)9-7-15(4,5)8-10-16/h7-10H2,1-6H3,(H2,17,18,19,20). The fourth-order valence-electron chi connectivity index (χ4n) is 2.78. The monoisotopic (exact) mass is 292 g/mol. The molecule has 5 heteroatoms. The van der Waals surface area contributed by atoms with Crippen LogP contribution in [0, 0.1) is 5.41 Å². The summed E-state index contributed by atoms with van der Waals surface area (Å²) in [5, 5.41) is 0. The zero-order chi connectivity index (χ0) is 15.9. The lowest BCUT2D eigenvalue weighted by molar-refractivity contribution is -0.0732. The molecule has 118 valence electrons. The topological polar surface area (TPSA) is 73.9 Å². The fraction of sp³-hybridized carbons (Fsp3) is 0.812. The molecule has 1 aliphatic carbocycles. The Kier molecular flexibility index (Phi) is 4.00. The van der Waals surface area contributed by atoms with Crippen LogP contribution in [0.15, 0.2) is 0 Å². The Balaban J connectivity index is 2.42. The Labute approximate surface area is 127 Å². The van der Waals surface area contributed by atoms with E-state index in [1.54, 1.807) is 7.11 Å². The molecule has 0 atom stereocenters. The lowest BCUT2D eigenvalue weighted by Gasteiger charge is -2.41. The third-order valence-electron chi connectivity index (χ3n) is 4.53. The van der Waals surface area contributed by atoms with Gasteiger partial charge in [-0.1, -0.05) is 34.6 Å². The Morgan fingerprint density at radius 2 is 1.57 bits per heavy atom. The molecule has 0 unspecified atom stereocenters. The maximum Gasteiger partial charge on any atom is 0.223 e. The summed E-state index contributed by atoms with van der Waals surface area (Å²) >= 11 is 0. The molecule has 1 aromatic rings. The molecular formula is C16H28N4O. The van der Waals surface area contributed by atoms with Gasteiger partial charge >= 0.3 is 0 Å². The Morgan fingerprint density at radius 1 is 1.00 bits per heavy atom. The number of anilines is 1. The van der Waals surface area contributed by atoms with Crippen LogP contribution >= 0.6 is 0 Å². The molecule has 0 aromatic carbocycles. The van der Waals surface area contributed by atoms with E-state index in [9.17, 15) is 0 Å². The number of rotatable bonds is 2. The van der Waals surface area contributed by atoms with Crippen LogP contribution in [0.4, 0.5) is 5.95 Å². The Hall–Kier alpha value is -1.23.